The van der Waals surface area contributed by atoms with E-state index >= 15 is 0 Å². The van der Waals surface area contributed by atoms with Crippen LogP contribution in [0.15, 0.2) is 67.3 Å². The van der Waals surface area contributed by atoms with Gasteiger partial charge in [0.2, 0.25) is 5.91 Å². The SMILES string of the molecule is C=C[C@@H](CCNC(=O)/C=C/c1ccccc1C)CN1CCN(c2nsc3ccccc23)CC1. The summed E-state index contributed by atoms with van der Waals surface area (Å²) in [6, 6.07) is 16.5. The molecule has 3 aromatic rings. The van der Waals surface area contributed by atoms with Gasteiger partial charge >= 0.3 is 0 Å². The lowest BCUT2D eigenvalue weighted by Crippen LogP contribution is -2.48. The van der Waals surface area contributed by atoms with Crippen molar-refractivity contribution < 1.29 is 4.79 Å². The van der Waals surface area contributed by atoms with Crippen LogP contribution in [0.3, 0.4) is 0 Å². The summed E-state index contributed by atoms with van der Waals surface area (Å²) in [5.41, 5.74) is 2.23. The van der Waals surface area contributed by atoms with Crippen LogP contribution < -0.4 is 10.2 Å². The number of nitrogens with zero attached hydrogens (tertiary/aromatic N) is 3. The number of hydrogen-bond donors (Lipinski definition) is 1. The first-order valence-electron chi connectivity index (χ1n) is 11.6. The minimum atomic E-state index is -0.0508. The Labute approximate surface area is 200 Å². The molecule has 0 bridgehead atoms. The highest BCUT2D eigenvalue weighted by atomic mass is 32.1. The number of piperazine rings is 1. The van der Waals surface area contributed by atoms with E-state index in [9.17, 15) is 4.79 Å². The lowest BCUT2D eigenvalue weighted by atomic mass is 10.0. The molecule has 1 N–H and O–H groups in total. The van der Waals surface area contributed by atoms with E-state index < -0.39 is 0 Å². The quantitative estimate of drug-likeness (QED) is 0.370. The molecule has 1 aliphatic rings. The normalized spacial score (nSPS) is 15.7. The molecule has 1 aliphatic heterocycles. The lowest BCUT2D eigenvalue weighted by Gasteiger charge is -2.36. The molecule has 1 fully saturated rings. The molecule has 1 amide bonds. The van der Waals surface area contributed by atoms with Gasteiger partial charge in [0.15, 0.2) is 0 Å². The zero-order chi connectivity index (χ0) is 23.0. The molecule has 2 heterocycles. The molecule has 1 saturated heterocycles. The fraction of sp³-hybridized carbons (Fsp3) is 0.333. The molecule has 1 atom stereocenters. The van der Waals surface area contributed by atoms with Crippen LogP contribution >= 0.6 is 11.5 Å². The van der Waals surface area contributed by atoms with Gasteiger partial charge in [0.05, 0.1) is 4.70 Å². The molecule has 0 saturated carbocycles. The molecule has 2 aromatic carbocycles. The van der Waals surface area contributed by atoms with Crippen molar-refractivity contribution in [3.63, 3.8) is 0 Å². The van der Waals surface area contributed by atoms with Crippen molar-refractivity contribution >= 4 is 39.4 Å². The topological polar surface area (TPSA) is 48.5 Å². The fourth-order valence-corrected chi connectivity index (χ4v) is 5.03. The van der Waals surface area contributed by atoms with Gasteiger partial charge in [-0.15, -0.1) is 6.58 Å². The second kappa shape index (κ2) is 11.3. The molecule has 6 heteroatoms. The second-order valence-electron chi connectivity index (χ2n) is 8.56. The molecular weight excluding hydrogens is 428 g/mol. The number of anilines is 1. The van der Waals surface area contributed by atoms with Crippen LogP contribution in [0.4, 0.5) is 5.82 Å². The Kier molecular flexibility index (Phi) is 7.92. The first-order valence-corrected chi connectivity index (χ1v) is 12.4. The largest absolute Gasteiger partial charge is 0.353 e. The highest BCUT2D eigenvalue weighted by Crippen LogP contribution is 2.29. The fourth-order valence-electron chi connectivity index (χ4n) is 4.24. The highest BCUT2D eigenvalue weighted by Gasteiger charge is 2.22. The number of rotatable bonds is 9. The van der Waals surface area contributed by atoms with Crippen LogP contribution in [-0.4, -0.2) is 54.4 Å². The molecule has 0 unspecified atom stereocenters. The van der Waals surface area contributed by atoms with Crippen molar-refractivity contribution in [2.75, 3.05) is 44.2 Å². The van der Waals surface area contributed by atoms with Gasteiger partial charge < -0.3 is 10.2 Å². The van der Waals surface area contributed by atoms with Crippen LogP contribution in [0.5, 0.6) is 0 Å². The number of amides is 1. The predicted octanol–water partition coefficient (Wildman–Crippen LogP) is 4.75. The Morgan fingerprint density at radius 1 is 1.15 bits per heavy atom. The van der Waals surface area contributed by atoms with E-state index in [2.05, 4.69) is 46.0 Å². The van der Waals surface area contributed by atoms with Crippen molar-refractivity contribution in [2.45, 2.75) is 13.3 Å². The van der Waals surface area contributed by atoms with E-state index in [0.29, 0.717) is 12.5 Å². The highest BCUT2D eigenvalue weighted by molar-refractivity contribution is 7.13. The molecule has 172 valence electrons. The van der Waals surface area contributed by atoms with Gasteiger partial charge in [-0.25, -0.2) is 0 Å². The van der Waals surface area contributed by atoms with Crippen LogP contribution in [0.2, 0.25) is 0 Å². The molecule has 0 spiro atoms. The minimum absolute atomic E-state index is 0.0508. The summed E-state index contributed by atoms with van der Waals surface area (Å²) in [4.78, 5) is 17.1. The number of carbonyl (C=O) groups is 1. The molecule has 33 heavy (non-hydrogen) atoms. The molecule has 4 rings (SSSR count). The van der Waals surface area contributed by atoms with Gasteiger partial charge in [-0.2, -0.15) is 4.37 Å². The summed E-state index contributed by atoms with van der Waals surface area (Å²) in [6.45, 7) is 11.7. The van der Waals surface area contributed by atoms with Crippen molar-refractivity contribution in [3.05, 3.63) is 78.4 Å². The third-order valence-electron chi connectivity index (χ3n) is 6.27. The maximum Gasteiger partial charge on any atom is 0.243 e. The zero-order valence-corrected chi connectivity index (χ0v) is 20.1. The summed E-state index contributed by atoms with van der Waals surface area (Å²) in [5.74, 6) is 1.43. The molecule has 0 radical (unpaired) electrons. The van der Waals surface area contributed by atoms with Gasteiger partial charge in [0.25, 0.3) is 0 Å². The van der Waals surface area contributed by atoms with Crippen molar-refractivity contribution in [3.8, 4) is 0 Å². The number of hydrogen-bond acceptors (Lipinski definition) is 5. The Morgan fingerprint density at radius 2 is 1.91 bits per heavy atom. The second-order valence-corrected chi connectivity index (χ2v) is 9.36. The van der Waals surface area contributed by atoms with Crippen molar-refractivity contribution in [1.82, 2.24) is 14.6 Å². The van der Waals surface area contributed by atoms with E-state index in [4.69, 9.17) is 4.37 Å². The number of aromatic nitrogens is 1. The summed E-state index contributed by atoms with van der Waals surface area (Å²) < 4.78 is 5.95. The molecule has 0 aliphatic carbocycles. The van der Waals surface area contributed by atoms with E-state index in [1.54, 1.807) is 17.6 Å². The molecule has 5 nitrogen and oxygen atoms in total. The third-order valence-corrected chi connectivity index (χ3v) is 7.09. The summed E-state index contributed by atoms with van der Waals surface area (Å²) in [7, 11) is 0. The van der Waals surface area contributed by atoms with E-state index in [0.717, 1.165) is 56.1 Å². The lowest BCUT2D eigenvalue weighted by molar-refractivity contribution is -0.116. The first-order chi connectivity index (χ1) is 16.1. The van der Waals surface area contributed by atoms with E-state index in [1.165, 1.54) is 10.1 Å². The standard InChI is InChI=1S/C27H32N4OS/c1-3-22(14-15-28-26(32)13-12-23-9-5-4-8-21(23)2)20-30-16-18-31(19-17-30)27-24-10-6-7-11-25(24)33-29-27/h3-13,22H,1,14-20H2,2H3,(H,28,32)/b13-12+/t22-/m0/s1. The summed E-state index contributed by atoms with van der Waals surface area (Å²) in [6.07, 6.45) is 6.41. The van der Waals surface area contributed by atoms with Gasteiger partial charge in [-0.1, -0.05) is 42.5 Å². The van der Waals surface area contributed by atoms with Gasteiger partial charge in [-0.05, 0) is 60.1 Å². The monoisotopic (exact) mass is 460 g/mol. The number of fused-ring (bicyclic) bond motifs is 1. The maximum absolute atomic E-state index is 12.2. The Morgan fingerprint density at radius 3 is 2.70 bits per heavy atom. The first kappa shape index (κ1) is 23.2. The van der Waals surface area contributed by atoms with Crippen LogP contribution in [-0.2, 0) is 4.79 Å². The predicted molar refractivity (Wildman–Crippen MR) is 140 cm³/mol. The van der Waals surface area contributed by atoms with Crippen molar-refractivity contribution in [1.29, 1.82) is 0 Å². The van der Waals surface area contributed by atoms with Gasteiger partial charge in [0.1, 0.15) is 5.82 Å². The maximum atomic E-state index is 12.2. The van der Waals surface area contributed by atoms with Crippen LogP contribution in [0.1, 0.15) is 17.5 Å². The van der Waals surface area contributed by atoms with Crippen molar-refractivity contribution in [2.24, 2.45) is 5.92 Å². The van der Waals surface area contributed by atoms with Gasteiger partial charge in [-0.3, -0.25) is 9.69 Å². The number of nitrogens with one attached hydrogen (secondary N) is 1. The summed E-state index contributed by atoms with van der Waals surface area (Å²) in [5, 5.41) is 4.27. The van der Waals surface area contributed by atoms with Crippen LogP contribution in [0, 0.1) is 12.8 Å². The van der Waals surface area contributed by atoms with Crippen LogP contribution in [0.25, 0.3) is 16.2 Å². The number of carbonyl (C=O) groups excluding carboxylic acids is 1. The zero-order valence-electron chi connectivity index (χ0n) is 19.2. The summed E-state index contributed by atoms with van der Waals surface area (Å²) >= 11 is 1.58. The minimum Gasteiger partial charge on any atom is -0.353 e. The Balaban J connectivity index is 1.20. The average molecular weight is 461 g/mol. The Hall–Kier alpha value is -2.96. The average Bonchev–Trinajstić information content (AvgIpc) is 3.27. The third kappa shape index (κ3) is 6.09. The Bertz CT molecular complexity index is 1110. The number of benzene rings is 2. The van der Waals surface area contributed by atoms with Gasteiger partial charge in [0, 0.05) is 50.7 Å². The molecular formula is C27H32N4OS. The number of aryl methyl sites for hydroxylation is 1. The smallest absolute Gasteiger partial charge is 0.243 e. The molecule has 1 aromatic heterocycles. The van der Waals surface area contributed by atoms with E-state index in [-0.39, 0.29) is 5.91 Å². The van der Waals surface area contributed by atoms with E-state index in [1.807, 2.05) is 43.3 Å².